The van der Waals surface area contributed by atoms with Gasteiger partial charge in [0.05, 0.1) is 101 Å². The zero-order chi connectivity index (χ0) is 70.7. The monoisotopic (exact) mass is 1480 g/mol. The second-order valence-electron chi connectivity index (χ2n) is 38.9. The van der Waals surface area contributed by atoms with Crippen molar-refractivity contribution in [3.8, 4) is 0 Å². The lowest BCUT2D eigenvalue weighted by atomic mass is 9.39. The van der Waals surface area contributed by atoms with Gasteiger partial charge in [-0.25, -0.2) is 0 Å². The van der Waals surface area contributed by atoms with E-state index in [1.165, 1.54) is 12.0 Å². The molecule has 23 rings (SSSR count). The number of fused-ring (bicyclic) bond motifs is 16. The van der Waals surface area contributed by atoms with Crippen LogP contribution in [0.4, 0.5) is 0 Å². The molecule has 12 aliphatic carbocycles. The van der Waals surface area contributed by atoms with Gasteiger partial charge in [0.25, 0.3) is 0 Å². The van der Waals surface area contributed by atoms with Crippen molar-refractivity contribution in [2.45, 2.75) is 286 Å². The Morgan fingerprint density at radius 3 is 1.17 bits per heavy atom. The van der Waals surface area contributed by atoms with Crippen molar-refractivity contribution in [3.05, 3.63) is 119 Å². The zero-order valence-electron chi connectivity index (χ0n) is 62.8. The van der Waals surface area contributed by atoms with Gasteiger partial charge in [-0.2, -0.15) is 0 Å². The van der Waals surface area contributed by atoms with Crippen LogP contribution in [0.1, 0.15) is 228 Å². The van der Waals surface area contributed by atoms with E-state index in [0.29, 0.717) is 114 Å². The topological polar surface area (TPSA) is 187 Å². The SMILES string of the molecule is C.C.C.C[C@]12CCC3(CC1=CC[C@@H]1[C@@H]2[C@](O)(c2ccccc2)C[C@@]2(C)[C@H]1CCC21OCCO1)OCCO3.C[C@]12C[C@@](O)(c3ccccc3)[C@H]3[C@@H](C[C@@H]4O[C@@]45CC4(CC[C@]35C)OCCO4)[C@@H]1CCC21OCCO1.C[C@]12C[C@@](O)(c3ccccc3)[C@H]3[C@@H](C[C@H]4O[C@]45CC4(CC[C@]35C)OCCO4)[C@@H]1CCC21CCCO1. The summed E-state index contributed by atoms with van der Waals surface area (Å²) in [6.07, 6.45) is 24.8. The van der Waals surface area contributed by atoms with Crippen LogP contribution in [0.2, 0.25) is 0 Å². The maximum atomic E-state index is 13.1. The van der Waals surface area contributed by atoms with Crippen LogP contribution in [0.15, 0.2) is 103 Å². The Labute approximate surface area is 637 Å². The minimum Gasteiger partial charge on any atom is -0.385 e. The van der Waals surface area contributed by atoms with E-state index in [9.17, 15) is 15.3 Å². The summed E-state index contributed by atoms with van der Waals surface area (Å²) in [5, 5.41) is 39.1. The Hall–Kier alpha value is -3.24. The predicted molar refractivity (Wildman–Crippen MR) is 403 cm³/mol. The minimum absolute atomic E-state index is 0. The van der Waals surface area contributed by atoms with Crippen LogP contribution in [0.25, 0.3) is 0 Å². The van der Waals surface area contributed by atoms with Gasteiger partial charge in [0.2, 0.25) is 0 Å². The van der Waals surface area contributed by atoms with Gasteiger partial charge in [-0.15, -0.1) is 0 Å². The standard InChI is InChI=1S/C30H40O5.C29H38O6.C29H38O5.3CH4/c1-25-12-13-28(33-15-16-34-28)19-30(25)23(35-30)17-21-22-9-11-27(10-6-14-32-27)26(22,2)18-29(31,24(21)25)20-7-4-3-5-8-20;1-24-10-11-26(31-12-13-32-26)18-28(24)22(35-28)16-20-21-8-9-29(33-14-15-34-29)25(21,2)17-27(30,23(20)24)19-6-4-3-5-7-19;1-25-12-13-27(31-14-15-32-27)18-21(25)8-9-22-23-10-11-29(33-16-17-34-29)26(23,2)19-28(30,24(22)25)20-6-4-3-5-7-20;;;/h3-5,7-8,21-24,31H,6,9-19H2,1-2H3;3-7,20-23,30H,8-18H2,1-2H3;3-8,22-24,30H,9-19H2,1-2H3;3*1H4/t21-,22-,23+,24-,25+,26-,27?,29+,30+;20-,21-,22-,23-,24+,25-,27+,28-;22-,23-,24-,25-,26-,28+;;;/m000.../s1. The summed E-state index contributed by atoms with van der Waals surface area (Å²) in [4.78, 5) is 0. The molecule has 11 saturated carbocycles. The Kier molecular flexibility index (Phi) is 17.5. The second-order valence-corrected chi connectivity index (χ2v) is 38.9. The molecule has 3 aromatic rings. The zero-order valence-corrected chi connectivity index (χ0v) is 62.8. The van der Waals surface area contributed by atoms with Crippen LogP contribution in [0.5, 0.6) is 0 Å². The summed E-state index contributed by atoms with van der Waals surface area (Å²) in [7, 11) is 0. The average molecular weight is 1480 g/mol. The van der Waals surface area contributed by atoms with Gasteiger partial charge in [0.1, 0.15) is 11.2 Å². The number of ether oxygens (including phenoxy) is 13. The van der Waals surface area contributed by atoms with Crippen molar-refractivity contribution < 1.29 is 76.9 Å². The molecule has 3 N–H and O–H groups in total. The smallest absolute Gasteiger partial charge is 0.174 e. The molecule has 23 atom stereocenters. The van der Waals surface area contributed by atoms with Crippen LogP contribution in [-0.2, 0) is 78.4 Å². The third-order valence-corrected chi connectivity index (χ3v) is 35.4. The molecule has 16 heteroatoms. The molecule has 3 aromatic carbocycles. The number of benzene rings is 3. The lowest BCUT2D eigenvalue weighted by Gasteiger charge is -2.66. The van der Waals surface area contributed by atoms with Crippen LogP contribution < -0.4 is 0 Å². The maximum Gasteiger partial charge on any atom is 0.174 e. The number of allylic oxidation sites excluding steroid dienone is 1. The van der Waals surface area contributed by atoms with Crippen LogP contribution in [-0.4, -0.2) is 146 Å². The van der Waals surface area contributed by atoms with Crippen molar-refractivity contribution >= 4 is 0 Å². The molecule has 0 radical (unpaired) electrons. The van der Waals surface area contributed by atoms with Crippen LogP contribution >= 0.6 is 0 Å². The first-order valence-electron chi connectivity index (χ1n) is 41.4. The first kappa shape index (κ1) is 75.1. The first-order valence-corrected chi connectivity index (χ1v) is 41.4. The fourth-order valence-corrected chi connectivity index (χ4v) is 31.2. The van der Waals surface area contributed by atoms with Gasteiger partial charge in [0, 0.05) is 103 Å². The molecule has 1 unspecified atom stereocenters. The fraction of sp³-hybridized carbons (Fsp3) is 0.780. The largest absolute Gasteiger partial charge is 0.385 e. The predicted octanol–water partition coefficient (Wildman–Crippen LogP) is 15.9. The van der Waals surface area contributed by atoms with E-state index < -0.39 is 45.7 Å². The third-order valence-electron chi connectivity index (χ3n) is 35.4. The van der Waals surface area contributed by atoms with Crippen molar-refractivity contribution in [3.63, 3.8) is 0 Å². The van der Waals surface area contributed by atoms with E-state index in [1.54, 1.807) is 0 Å². The molecule has 588 valence electrons. The Morgan fingerprint density at radius 1 is 0.346 bits per heavy atom. The molecule has 0 bridgehead atoms. The molecule has 8 spiro atoms. The molecule has 0 amide bonds. The summed E-state index contributed by atoms with van der Waals surface area (Å²) in [5.74, 6) is 0.526. The number of epoxide rings is 2. The molecule has 8 saturated heterocycles. The van der Waals surface area contributed by atoms with Gasteiger partial charge in [-0.05, 0) is 154 Å². The van der Waals surface area contributed by atoms with Crippen LogP contribution in [0.3, 0.4) is 0 Å². The summed E-state index contributed by atoms with van der Waals surface area (Å²) in [6.45, 7) is 22.0. The highest BCUT2D eigenvalue weighted by Crippen LogP contribution is 2.82. The molecule has 0 aromatic heterocycles. The average Bonchev–Trinajstić information content (AvgIpc) is 1.49. The number of aliphatic hydroxyl groups is 3. The Balaban J connectivity index is 0.000000112. The minimum atomic E-state index is -0.982. The number of hydrogen-bond donors (Lipinski definition) is 3. The molecule has 16 nitrogen and oxygen atoms in total. The molecule has 19 fully saturated rings. The highest BCUT2D eigenvalue weighted by molar-refractivity contribution is 5.40. The summed E-state index contributed by atoms with van der Waals surface area (Å²) in [6, 6.07) is 31.5. The van der Waals surface area contributed by atoms with Crippen LogP contribution in [0, 0.1) is 85.8 Å². The quantitative estimate of drug-likeness (QED) is 0.166. The van der Waals surface area contributed by atoms with Gasteiger partial charge < -0.3 is 76.9 Å². The van der Waals surface area contributed by atoms with Crippen molar-refractivity contribution in [1.29, 1.82) is 0 Å². The number of rotatable bonds is 3. The molecular weight excluding hydrogens is 1350 g/mol. The van der Waals surface area contributed by atoms with E-state index in [-0.39, 0.29) is 102 Å². The third kappa shape index (κ3) is 9.77. The molecular formula is C91H128O16. The Bertz CT molecular complexity index is 3670. The summed E-state index contributed by atoms with van der Waals surface area (Å²) >= 11 is 0. The lowest BCUT2D eigenvalue weighted by Crippen LogP contribution is -2.68. The molecule has 107 heavy (non-hydrogen) atoms. The van der Waals surface area contributed by atoms with E-state index >= 15 is 0 Å². The molecule has 20 aliphatic rings. The van der Waals surface area contributed by atoms with Crippen molar-refractivity contribution in [1.82, 2.24) is 0 Å². The molecule has 8 aliphatic heterocycles. The summed E-state index contributed by atoms with van der Waals surface area (Å²) in [5.41, 5.74) is 0.338. The second kappa shape index (κ2) is 24.9. The number of hydrogen-bond acceptors (Lipinski definition) is 16. The van der Waals surface area contributed by atoms with Crippen molar-refractivity contribution in [2.24, 2.45) is 85.8 Å². The lowest BCUT2D eigenvalue weighted by molar-refractivity contribution is -0.296. The van der Waals surface area contributed by atoms with E-state index in [1.807, 2.05) is 12.1 Å². The van der Waals surface area contributed by atoms with E-state index in [4.69, 9.17) is 61.6 Å². The van der Waals surface area contributed by atoms with Gasteiger partial charge in [-0.1, -0.05) is 166 Å². The maximum absolute atomic E-state index is 13.1. The normalized spacial score (nSPS) is 50.0. The highest BCUT2D eigenvalue weighted by atomic mass is 16.8. The van der Waals surface area contributed by atoms with E-state index in [0.717, 1.165) is 152 Å². The van der Waals surface area contributed by atoms with E-state index in [2.05, 4.69) is 126 Å². The molecule has 8 heterocycles. The summed E-state index contributed by atoms with van der Waals surface area (Å²) < 4.78 is 82.9. The fourth-order valence-electron chi connectivity index (χ4n) is 31.2. The Morgan fingerprint density at radius 2 is 0.729 bits per heavy atom. The van der Waals surface area contributed by atoms with Crippen molar-refractivity contribution in [2.75, 3.05) is 72.7 Å². The first-order chi connectivity index (χ1) is 49.9. The van der Waals surface area contributed by atoms with Gasteiger partial charge in [0.15, 0.2) is 28.9 Å². The van der Waals surface area contributed by atoms with Gasteiger partial charge in [-0.3, -0.25) is 0 Å². The van der Waals surface area contributed by atoms with Gasteiger partial charge >= 0.3 is 0 Å². The highest BCUT2D eigenvalue weighted by Gasteiger charge is 2.85.